The second-order valence-electron chi connectivity index (χ2n) is 7.70. The minimum absolute atomic E-state index is 0.223. The van der Waals surface area contributed by atoms with Crippen molar-refractivity contribution in [1.29, 1.82) is 0 Å². The minimum atomic E-state index is 0.223. The number of halogens is 3. The highest BCUT2D eigenvalue weighted by Crippen LogP contribution is 2.47. The van der Waals surface area contributed by atoms with E-state index in [0.717, 1.165) is 18.2 Å². The number of hydrogen-bond acceptors (Lipinski definition) is 0. The number of hydrogen-bond donors (Lipinski definition) is 0. The Morgan fingerprint density at radius 1 is 1.10 bits per heavy atom. The van der Waals surface area contributed by atoms with Crippen LogP contribution < -0.4 is 0 Å². The average Bonchev–Trinajstić information content (AvgIpc) is 2.42. The summed E-state index contributed by atoms with van der Waals surface area (Å²) in [6.07, 6.45) is 5.97. The summed E-state index contributed by atoms with van der Waals surface area (Å²) in [5.41, 5.74) is 1.88. The fourth-order valence-corrected chi connectivity index (χ4v) is 4.22. The van der Waals surface area contributed by atoms with Crippen LogP contribution in [0.5, 0.6) is 0 Å². The first kappa shape index (κ1) is 17.4. The molecule has 1 aromatic carbocycles. The van der Waals surface area contributed by atoms with Gasteiger partial charge in [0.15, 0.2) is 0 Å². The predicted molar refractivity (Wildman–Crippen MR) is 94.7 cm³/mol. The van der Waals surface area contributed by atoms with Crippen LogP contribution in [0.15, 0.2) is 18.2 Å². The summed E-state index contributed by atoms with van der Waals surface area (Å²) in [6, 6.07) is 5.97. The Morgan fingerprint density at radius 2 is 1.71 bits per heavy atom. The lowest BCUT2D eigenvalue weighted by atomic mass is 9.63. The molecule has 0 spiro atoms. The zero-order chi connectivity index (χ0) is 15.7. The first-order valence-electron chi connectivity index (χ1n) is 7.76. The zero-order valence-corrected chi connectivity index (χ0v) is 15.5. The van der Waals surface area contributed by atoms with E-state index in [-0.39, 0.29) is 5.41 Å². The second kappa shape index (κ2) is 6.69. The molecule has 0 aromatic heterocycles. The average molecular weight is 348 g/mol. The lowest BCUT2D eigenvalue weighted by Gasteiger charge is -2.43. The maximum atomic E-state index is 6.36. The molecule has 3 heteroatoms. The van der Waals surface area contributed by atoms with Crippen LogP contribution in [0.1, 0.15) is 52.0 Å². The van der Waals surface area contributed by atoms with Gasteiger partial charge in [0.25, 0.3) is 0 Å². The fourth-order valence-electron chi connectivity index (χ4n) is 3.54. The van der Waals surface area contributed by atoms with Gasteiger partial charge in [-0.25, -0.2) is 0 Å². The molecule has 0 nitrogen and oxygen atoms in total. The molecule has 0 saturated heterocycles. The highest BCUT2D eigenvalue weighted by atomic mass is 35.5. The van der Waals surface area contributed by atoms with Gasteiger partial charge < -0.3 is 0 Å². The molecule has 0 atom stereocenters. The third kappa shape index (κ3) is 4.30. The van der Waals surface area contributed by atoms with Crippen molar-refractivity contribution >= 4 is 34.8 Å². The smallest absolute Gasteiger partial charge is 0.0595 e. The van der Waals surface area contributed by atoms with Gasteiger partial charge in [0, 0.05) is 5.88 Å². The maximum Gasteiger partial charge on any atom is 0.0595 e. The van der Waals surface area contributed by atoms with E-state index in [9.17, 15) is 0 Å². The Morgan fingerprint density at radius 3 is 2.19 bits per heavy atom. The monoisotopic (exact) mass is 346 g/mol. The summed E-state index contributed by atoms with van der Waals surface area (Å²) in [5, 5.41) is 1.26. The number of rotatable bonds is 3. The van der Waals surface area contributed by atoms with Gasteiger partial charge in [0.2, 0.25) is 0 Å². The van der Waals surface area contributed by atoms with Crippen LogP contribution in [-0.2, 0) is 6.42 Å². The second-order valence-corrected chi connectivity index (χ2v) is 8.78. The summed E-state index contributed by atoms with van der Waals surface area (Å²) in [7, 11) is 0. The highest BCUT2D eigenvalue weighted by Gasteiger charge is 2.38. The van der Waals surface area contributed by atoms with Crippen molar-refractivity contribution in [1.82, 2.24) is 0 Å². The lowest BCUT2D eigenvalue weighted by molar-refractivity contribution is 0.102. The topological polar surface area (TPSA) is 0 Å². The van der Waals surface area contributed by atoms with E-state index in [4.69, 9.17) is 34.8 Å². The quantitative estimate of drug-likeness (QED) is 0.516. The first-order valence-corrected chi connectivity index (χ1v) is 9.05. The Balaban J connectivity index is 2.08. The molecule has 1 saturated carbocycles. The molecular formula is C18H25Cl3. The lowest BCUT2D eigenvalue weighted by Crippen LogP contribution is -2.35. The molecule has 0 unspecified atom stereocenters. The normalized spacial score (nSPS) is 26.9. The van der Waals surface area contributed by atoms with E-state index >= 15 is 0 Å². The van der Waals surface area contributed by atoms with E-state index in [1.54, 1.807) is 0 Å². The molecule has 0 heterocycles. The fraction of sp³-hybridized carbons (Fsp3) is 0.667. The summed E-state index contributed by atoms with van der Waals surface area (Å²) in [4.78, 5) is 0. The van der Waals surface area contributed by atoms with Crippen LogP contribution in [0.3, 0.4) is 0 Å². The summed E-state index contributed by atoms with van der Waals surface area (Å²) in [5.74, 6) is 1.53. The van der Waals surface area contributed by atoms with Crippen LogP contribution in [0.25, 0.3) is 0 Å². The van der Waals surface area contributed by atoms with E-state index in [1.807, 2.05) is 12.1 Å². The Bertz CT molecular complexity index is 480. The van der Waals surface area contributed by atoms with Crippen LogP contribution in [0.2, 0.25) is 10.0 Å². The minimum Gasteiger partial charge on any atom is -0.126 e. The largest absolute Gasteiger partial charge is 0.126 e. The van der Waals surface area contributed by atoms with E-state index < -0.39 is 0 Å². The van der Waals surface area contributed by atoms with Gasteiger partial charge in [-0.2, -0.15) is 0 Å². The van der Waals surface area contributed by atoms with Gasteiger partial charge in [-0.15, -0.1) is 11.6 Å². The predicted octanol–water partition coefficient (Wildman–Crippen LogP) is 7.00. The Hall–Kier alpha value is 0.0900. The third-order valence-electron chi connectivity index (χ3n) is 5.12. The zero-order valence-electron chi connectivity index (χ0n) is 13.2. The molecule has 1 aliphatic rings. The van der Waals surface area contributed by atoms with Crippen molar-refractivity contribution in [2.75, 3.05) is 5.88 Å². The van der Waals surface area contributed by atoms with Crippen LogP contribution in [0, 0.1) is 16.7 Å². The molecule has 21 heavy (non-hydrogen) atoms. The van der Waals surface area contributed by atoms with E-state index in [0.29, 0.717) is 15.5 Å². The Labute approximate surface area is 144 Å². The molecule has 0 N–H and O–H groups in total. The number of alkyl halides is 1. The van der Waals surface area contributed by atoms with Crippen molar-refractivity contribution in [2.24, 2.45) is 16.7 Å². The molecule has 0 bridgehead atoms. The molecule has 118 valence electrons. The van der Waals surface area contributed by atoms with Crippen molar-refractivity contribution in [2.45, 2.75) is 52.9 Å². The van der Waals surface area contributed by atoms with Crippen molar-refractivity contribution in [3.63, 3.8) is 0 Å². The van der Waals surface area contributed by atoms with Gasteiger partial charge >= 0.3 is 0 Å². The molecule has 2 rings (SSSR count). The molecular weight excluding hydrogens is 323 g/mol. The van der Waals surface area contributed by atoms with Gasteiger partial charge in [-0.3, -0.25) is 0 Å². The SMILES string of the molecule is CC(C)(C)C1CCC(CCl)(Cc2ccc(Cl)c(Cl)c2)CC1. The van der Waals surface area contributed by atoms with Crippen molar-refractivity contribution < 1.29 is 0 Å². The van der Waals surface area contributed by atoms with Crippen LogP contribution >= 0.6 is 34.8 Å². The summed E-state index contributed by atoms with van der Waals surface area (Å²) in [6.45, 7) is 7.05. The van der Waals surface area contributed by atoms with Crippen molar-refractivity contribution in [3.8, 4) is 0 Å². The van der Waals surface area contributed by atoms with Gasteiger partial charge in [-0.05, 0) is 66.5 Å². The summed E-state index contributed by atoms with van der Waals surface area (Å²) < 4.78 is 0. The molecule has 1 fully saturated rings. The van der Waals surface area contributed by atoms with Crippen LogP contribution in [-0.4, -0.2) is 5.88 Å². The molecule has 0 radical (unpaired) electrons. The standard InChI is InChI=1S/C18H25Cl3/c1-17(2,3)14-6-8-18(12-19,9-7-14)11-13-4-5-15(20)16(21)10-13/h4-5,10,14H,6-9,11-12H2,1-3H3. The first-order chi connectivity index (χ1) is 9.76. The Kier molecular flexibility index (Phi) is 5.55. The van der Waals surface area contributed by atoms with Crippen molar-refractivity contribution in [3.05, 3.63) is 33.8 Å². The number of benzene rings is 1. The maximum absolute atomic E-state index is 6.36. The van der Waals surface area contributed by atoms with Gasteiger partial charge in [-0.1, -0.05) is 50.0 Å². The molecule has 0 amide bonds. The molecule has 0 aliphatic heterocycles. The van der Waals surface area contributed by atoms with E-state index in [2.05, 4.69) is 26.8 Å². The highest BCUT2D eigenvalue weighted by molar-refractivity contribution is 6.42. The summed E-state index contributed by atoms with van der Waals surface area (Å²) >= 11 is 18.5. The van der Waals surface area contributed by atoms with E-state index in [1.165, 1.54) is 31.2 Å². The third-order valence-corrected chi connectivity index (χ3v) is 6.42. The van der Waals surface area contributed by atoms with Gasteiger partial charge in [0.1, 0.15) is 0 Å². The molecule has 1 aliphatic carbocycles. The van der Waals surface area contributed by atoms with Gasteiger partial charge in [0.05, 0.1) is 10.0 Å². The van der Waals surface area contributed by atoms with Crippen LogP contribution in [0.4, 0.5) is 0 Å². The molecule has 1 aromatic rings.